The van der Waals surface area contributed by atoms with Crippen molar-refractivity contribution in [1.29, 1.82) is 0 Å². The van der Waals surface area contributed by atoms with E-state index in [0.717, 1.165) is 18.4 Å². The van der Waals surface area contributed by atoms with Crippen molar-refractivity contribution in [3.05, 3.63) is 28.8 Å². The van der Waals surface area contributed by atoms with Crippen molar-refractivity contribution in [1.82, 2.24) is 4.90 Å². The van der Waals surface area contributed by atoms with Crippen molar-refractivity contribution in [2.75, 3.05) is 11.9 Å². The number of likely N-dealkylation sites (tertiary alicyclic amines) is 1. The molecule has 4 nitrogen and oxygen atoms in total. The number of hydrogen-bond donors (Lipinski definition) is 1. The molecule has 1 aromatic carbocycles. The van der Waals surface area contributed by atoms with Gasteiger partial charge in [-0.2, -0.15) is 0 Å². The van der Waals surface area contributed by atoms with E-state index in [4.69, 9.17) is 11.6 Å². The average molecular weight is 323 g/mol. The Balaban J connectivity index is 2.05. The summed E-state index contributed by atoms with van der Waals surface area (Å²) in [6, 6.07) is 5.66. The lowest BCUT2D eigenvalue weighted by atomic mass is 10.1. The molecule has 0 bridgehead atoms. The molecule has 1 unspecified atom stereocenters. The summed E-state index contributed by atoms with van der Waals surface area (Å²) in [5.74, 6) is -0.310. The van der Waals surface area contributed by atoms with E-state index in [1.807, 2.05) is 17.9 Å². The lowest BCUT2D eigenvalue weighted by molar-refractivity contribution is -0.130. The molecule has 1 atom stereocenters. The number of anilines is 1. The minimum Gasteiger partial charge on any atom is -0.339 e. The molecule has 1 fully saturated rings. The van der Waals surface area contributed by atoms with Crippen molar-refractivity contribution in [3.63, 3.8) is 0 Å². The van der Waals surface area contributed by atoms with Gasteiger partial charge < -0.3 is 10.2 Å². The summed E-state index contributed by atoms with van der Waals surface area (Å²) >= 11 is 6.07. The molecule has 0 aromatic heterocycles. The zero-order valence-corrected chi connectivity index (χ0v) is 14.1. The molecule has 1 N–H and O–H groups in total. The monoisotopic (exact) mass is 322 g/mol. The zero-order chi connectivity index (χ0) is 16.3. The molecule has 0 aliphatic carbocycles. The number of benzene rings is 1. The van der Waals surface area contributed by atoms with E-state index >= 15 is 0 Å². The summed E-state index contributed by atoms with van der Waals surface area (Å²) in [4.78, 5) is 26.4. The number of nitrogens with one attached hydrogen (secondary N) is 1. The van der Waals surface area contributed by atoms with Crippen molar-refractivity contribution in [2.24, 2.45) is 5.92 Å². The van der Waals surface area contributed by atoms with E-state index in [1.54, 1.807) is 12.1 Å². The first-order valence-electron chi connectivity index (χ1n) is 7.83. The molecule has 1 aliphatic rings. The van der Waals surface area contributed by atoms with Crippen LogP contribution in [0.4, 0.5) is 5.69 Å². The highest BCUT2D eigenvalue weighted by Crippen LogP contribution is 2.27. The van der Waals surface area contributed by atoms with Gasteiger partial charge in [0.15, 0.2) is 0 Å². The summed E-state index contributed by atoms with van der Waals surface area (Å²) < 4.78 is 0. The molecule has 5 heteroatoms. The lowest BCUT2D eigenvalue weighted by Gasteiger charge is -2.26. The van der Waals surface area contributed by atoms with Gasteiger partial charge in [0.25, 0.3) is 0 Å². The van der Waals surface area contributed by atoms with Gasteiger partial charge in [-0.25, -0.2) is 0 Å². The smallest absolute Gasteiger partial charge is 0.229 e. The van der Waals surface area contributed by atoms with Crippen LogP contribution < -0.4 is 5.32 Å². The third-order valence-corrected chi connectivity index (χ3v) is 4.85. The second-order valence-corrected chi connectivity index (χ2v) is 6.23. The van der Waals surface area contributed by atoms with Crippen LogP contribution >= 0.6 is 11.6 Å². The van der Waals surface area contributed by atoms with Gasteiger partial charge in [-0.1, -0.05) is 31.5 Å². The number of nitrogens with zero attached hydrogens (tertiary/aromatic N) is 1. The van der Waals surface area contributed by atoms with Crippen LogP contribution in [0.1, 0.15) is 38.7 Å². The number of hydrogen-bond acceptors (Lipinski definition) is 2. The summed E-state index contributed by atoms with van der Waals surface area (Å²) in [7, 11) is 0. The van der Waals surface area contributed by atoms with Gasteiger partial charge in [-0.3, -0.25) is 9.59 Å². The van der Waals surface area contributed by atoms with Gasteiger partial charge in [0.2, 0.25) is 11.8 Å². The molecule has 2 rings (SSSR count). The molecule has 0 radical (unpaired) electrons. The van der Waals surface area contributed by atoms with Crippen LogP contribution in [0.3, 0.4) is 0 Å². The summed E-state index contributed by atoms with van der Waals surface area (Å²) in [5.41, 5.74) is 1.56. The lowest BCUT2D eigenvalue weighted by Crippen LogP contribution is -2.36. The Bertz CT molecular complexity index is 570. The van der Waals surface area contributed by atoms with Gasteiger partial charge in [0, 0.05) is 29.7 Å². The number of amides is 2. The van der Waals surface area contributed by atoms with Gasteiger partial charge in [-0.05, 0) is 37.5 Å². The van der Waals surface area contributed by atoms with Gasteiger partial charge >= 0.3 is 0 Å². The highest BCUT2D eigenvalue weighted by Gasteiger charge is 2.36. The molecule has 1 saturated heterocycles. The normalized spacial score (nSPS) is 18.1. The van der Waals surface area contributed by atoms with Crippen LogP contribution in [0.15, 0.2) is 18.2 Å². The topological polar surface area (TPSA) is 49.4 Å². The van der Waals surface area contributed by atoms with Crippen LogP contribution in [0.5, 0.6) is 0 Å². The third kappa shape index (κ3) is 3.43. The fraction of sp³-hybridized carbons (Fsp3) is 0.529. The van der Waals surface area contributed by atoms with Gasteiger partial charge in [0.1, 0.15) is 0 Å². The van der Waals surface area contributed by atoms with E-state index in [9.17, 15) is 9.59 Å². The molecule has 120 valence electrons. The van der Waals surface area contributed by atoms with Crippen LogP contribution in [-0.4, -0.2) is 29.3 Å². The predicted octanol–water partition coefficient (Wildman–Crippen LogP) is 3.62. The van der Waals surface area contributed by atoms with E-state index in [1.165, 1.54) is 0 Å². The summed E-state index contributed by atoms with van der Waals surface area (Å²) in [6.45, 7) is 6.53. The highest BCUT2D eigenvalue weighted by atomic mass is 35.5. The maximum atomic E-state index is 12.4. The fourth-order valence-electron chi connectivity index (χ4n) is 2.97. The van der Waals surface area contributed by atoms with Crippen molar-refractivity contribution in [3.8, 4) is 0 Å². The van der Waals surface area contributed by atoms with Crippen LogP contribution in [0.2, 0.25) is 5.02 Å². The Kier molecular flexibility index (Phi) is 5.46. The molecule has 2 amide bonds. The molecule has 1 heterocycles. The Labute approximate surface area is 136 Å². The molecule has 22 heavy (non-hydrogen) atoms. The molecular weight excluding hydrogens is 300 g/mol. The quantitative estimate of drug-likeness (QED) is 0.900. The van der Waals surface area contributed by atoms with E-state index in [2.05, 4.69) is 19.2 Å². The summed E-state index contributed by atoms with van der Waals surface area (Å²) in [5, 5.41) is 3.53. The predicted molar refractivity (Wildman–Crippen MR) is 89.0 cm³/mol. The Morgan fingerprint density at radius 3 is 2.73 bits per heavy atom. The number of halogens is 1. The first kappa shape index (κ1) is 16.8. The van der Waals surface area contributed by atoms with Crippen LogP contribution in [-0.2, 0) is 9.59 Å². The standard InChI is InChI=1S/C17H23ClN2O2/c1-4-13(5-2)20-10-12(9-16(20)21)17(22)19-15-8-6-7-14(18)11(15)3/h6-8,12-13H,4-5,9-10H2,1-3H3,(H,19,22). The Hall–Kier alpha value is -1.55. The van der Waals surface area contributed by atoms with Crippen molar-refractivity contribution < 1.29 is 9.59 Å². The van der Waals surface area contributed by atoms with Gasteiger partial charge in [0.05, 0.1) is 5.92 Å². The van der Waals surface area contributed by atoms with Gasteiger partial charge in [-0.15, -0.1) is 0 Å². The summed E-state index contributed by atoms with van der Waals surface area (Å²) in [6.07, 6.45) is 2.13. The van der Waals surface area contributed by atoms with Crippen molar-refractivity contribution in [2.45, 2.75) is 46.1 Å². The molecular formula is C17H23ClN2O2. The number of rotatable bonds is 5. The van der Waals surface area contributed by atoms with E-state index in [-0.39, 0.29) is 23.8 Å². The highest BCUT2D eigenvalue weighted by molar-refractivity contribution is 6.31. The third-order valence-electron chi connectivity index (χ3n) is 4.44. The first-order chi connectivity index (χ1) is 10.5. The zero-order valence-electron chi connectivity index (χ0n) is 13.4. The molecule has 1 aliphatic heterocycles. The SMILES string of the molecule is CCC(CC)N1CC(C(=O)Nc2cccc(Cl)c2C)CC1=O. The van der Waals surface area contributed by atoms with E-state index < -0.39 is 0 Å². The van der Waals surface area contributed by atoms with Crippen LogP contribution in [0, 0.1) is 12.8 Å². The number of carbonyl (C=O) groups excluding carboxylic acids is 2. The Morgan fingerprint density at radius 2 is 2.09 bits per heavy atom. The van der Waals surface area contributed by atoms with E-state index in [0.29, 0.717) is 23.7 Å². The minimum atomic E-state index is -0.286. The molecule has 0 saturated carbocycles. The second-order valence-electron chi connectivity index (χ2n) is 5.82. The largest absolute Gasteiger partial charge is 0.339 e. The second kappa shape index (κ2) is 7.14. The minimum absolute atomic E-state index is 0.0802. The average Bonchev–Trinajstić information content (AvgIpc) is 2.88. The molecule has 1 aromatic rings. The maximum Gasteiger partial charge on any atom is 0.229 e. The van der Waals surface area contributed by atoms with Crippen molar-refractivity contribution >= 4 is 29.1 Å². The fourth-order valence-corrected chi connectivity index (χ4v) is 3.14. The first-order valence-corrected chi connectivity index (χ1v) is 8.21. The molecule has 0 spiro atoms. The maximum absolute atomic E-state index is 12.4. The van der Waals surface area contributed by atoms with Crippen LogP contribution in [0.25, 0.3) is 0 Å². The Morgan fingerprint density at radius 1 is 1.41 bits per heavy atom. The number of carbonyl (C=O) groups is 2.